The molecule has 0 aliphatic carbocycles. The molecule has 0 fully saturated rings. The minimum atomic E-state index is -0.983. The van der Waals surface area contributed by atoms with Gasteiger partial charge in [-0.2, -0.15) is 0 Å². The molecule has 1 atom stereocenters. The zero-order valence-electron chi connectivity index (χ0n) is 13.9. The third kappa shape index (κ3) is 2.62. The van der Waals surface area contributed by atoms with Crippen molar-refractivity contribution in [2.75, 3.05) is 23.4 Å². The Hall–Kier alpha value is -2.87. The average molecular weight is 372 g/mol. The number of fused-ring (bicyclic) bond motifs is 2. The molecule has 2 aromatic rings. The first-order valence-electron chi connectivity index (χ1n) is 8.22. The molecule has 2 aliphatic rings. The molecular formula is C18H16N2O5S. The van der Waals surface area contributed by atoms with Crippen molar-refractivity contribution < 1.29 is 24.2 Å². The van der Waals surface area contributed by atoms with E-state index in [4.69, 9.17) is 9.84 Å². The Morgan fingerprint density at radius 3 is 2.88 bits per heavy atom. The van der Waals surface area contributed by atoms with Crippen LogP contribution in [0.15, 0.2) is 24.3 Å². The standard InChI is InChI=1S/C18H16N2O5S/c1-2-20-12-5-9-10(14-3-4-15(26-14)18(23)24)6-16(21)19-11(9)7-13(12)25-8-17(20)22/h3-5,7,10H,2,6,8H2,1H3,(H,19,21)(H,23,24)/t10-/m0/s1. The molecule has 7 nitrogen and oxygen atoms in total. The number of nitrogens with one attached hydrogen (secondary N) is 1. The highest BCUT2D eigenvalue weighted by Gasteiger charge is 2.32. The second-order valence-electron chi connectivity index (χ2n) is 6.15. The van der Waals surface area contributed by atoms with Gasteiger partial charge < -0.3 is 20.1 Å². The average Bonchev–Trinajstić information content (AvgIpc) is 3.10. The van der Waals surface area contributed by atoms with Crippen LogP contribution in [-0.2, 0) is 9.59 Å². The molecule has 3 heterocycles. The number of nitrogens with zero attached hydrogens (tertiary/aromatic N) is 1. The van der Waals surface area contributed by atoms with Crippen molar-refractivity contribution in [2.24, 2.45) is 0 Å². The monoisotopic (exact) mass is 372 g/mol. The topological polar surface area (TPSA) is 95.9 Å². The number of carboxylic acid groups (broad SMARTS) is 1. The van der Waals surface area contributed by atoms with Crippen LogP contribution in [0.25, 0.3) is 0 Å². The number of carboxylic acids is 1. The van der Waals surface area contributed by atoms with Crippen molar-refractivity contribution in [3.8, 4) is 5.75 Å². The van der Waals surface area contributed by atoms with Crippen molar-refractivity contribution in [3.63, 3.8) is 0 Å². The largest absolute Gasteiger partial charge is 0.481 e. The van der Waals surface area contributed by atoms with E-state index in [0.717, 1.165) is 10.4 Å². The predicted molar refractivity (Wildman–Crippen MR) is 96.3 cm³/mol. The maximum Gasteiger partial charge on any atom is 0.345 e. The van der Waals surface area contributed by atoms with Crippen LogP contribution in [-0.4, -0.2) is 36.0 Å². The van der Waals surface area contributed by atoms with Gasteiger partial charge in [-0.05, 0) is 30.7 Å². The molecule has 26 heavy (non-hydrogen) atoms. The van der Waals surface area contributed by atoms with Crippen LogP contribution in [0.5, 0.6) is 5.75 Å². The first kappa shape index (κ1) is 16.6. The van der Waals surface area contributed by atoms with E-state index < -0.39 is 5.97 Å². The van der Waals surface area contributed by atoms with Crippen LogP contribution in [0.2, 0.25) is 0 Å². The number of rotatable bonds is 3. The zero-order chi connectivity index (χ0) is 18.4. The molecule has 2 amide bonds. The van der Waals surface area contributed by atoms with Crippen LogP contribution >= 0.6 is 11.3 Å². The van der Waals surface area contributed by atoms with Gasteiger partial charge in [-0.15, -0.1) is 11.3 Å². The van der Waals surface area contributed by atoms with E-state index in [2.05, 4.69) is 5.32 Å². The number of benzene rings is 1. The molecule has 134 valence electrons. The third-order valence-electron chi connectivity index (χ3n) is 4.61. The fourth-order valence-corrected chi connectivity index (χ4v) is 4.38. The molecule has 2 aliphatic heterocycles. The lowest BCUT2D eigenvalue weighted by molar-refractivity contribution is -0.121. The summed E-state index contributed by atoms with van der Waals surface area (Å²) in [4.78, 5) is 38.2. The summed E-state index contributed by atoms with van der Waals surface area (Å²) < 4.78 is 5.53. The second-order valence-corrected chi connectivity index (χ2v) is 7.26. The number of carbonyl (C=O) groups is 3. The first-order valence-corrected chi connectivity index (χ1v) is 9.03. The van der Waals surface area contributed by atoms with Crippen molar-refractivity contribution in [3.05, 3.63) is 39.6 Å². The maximum atomic E-state index is 12.2. The Morgan fingerprint density at radius 1 is 1.38 bits per heavy atom. The summed E-state index contributed by atoms with van der Waals surface area (Å²) in [5.41, 5.74) is 2.18. The van der Waals surface area contributed by atoms with Crippen molar-refractivity contribution in [1.29, 1.82) is 0 Å². The fourth-order valence-electron chi connectivity index (χ4n) is 3.41. The van der Waals surface area contributed by atoms with Crippen molar-refractivity contribution in [2.45, 2.75) is 19.3 Å². The zero-order valence-corrected chi connectivity index (χ0v) is 14.8. The number of hydrogen-bond acceptors (Lipinski definition) is 5. The minimum absolute atomic E-state index is 0.0239. The lowest BCUT2D eigenvalue weighted by Crippen LogP contribution is -2.39. The van der Waals surface area contributed by atoms with Crippen LogP contribution < -0.4 is 15.0 Å². The van der Waals surface area contributed by atoms with Gasteiger partial charge in [-0.1, -0.05) is 0 Å². The number of ether oxygens (including phenoxy) is 1. The van der Waals surface area contributed by atoms with Gasteiger partial charge in [0.1, 0.15) is 10.6 Å². The molecule has 0 saturated heterocycles. The molecule has 0 radical (unpaired) electrons. The van der Waals surface area contributed by atoms with Crippen LogP contribution in [0.1, 0.15) is 39.4 Å². The molecule has 1 aromatic carbocycles. The van der Waals surface area contributed by atoms with Crippen LogP contribution in [0.4, 0.5) is 11.4 Å². The van der Waals surface area contributed by atoms with Gasteiger partial charge in [0.25, 0.3) is 5.91 Å². The van der Waals surface area contributed by atoms with E-state index in [-0.39, 0.29) is 35.6 Å². The summed E-state index contributed by atoms with van der Waals surface area (Å²) in [6.45, 7) is 2.39. The molecular weight excluding hydrogens is 356 g/mol. The molecule has 0 saturated carbocycles. The van der Waals surface area contributed by atoms with Gasteiger partial charge in [0, 0.05) is 35.5 Å². The number of carbonyl (C=O) groups excluding carboxylic acids is 2. The normalized spacial score (nSPS) is 18.7. The van der Waals surface area contributed by atoms with E-state index in [9.17, 15) is 14.4 Å². The molecule has 1 aromatic heterocycles. The molecule has 0 bridgehead atoms. The first-order chi connectivity index (χ1) is 12.5. The van der Waals surface area contributed by atoms with E-state index in [1.807, 2.05) is 13.0 Å². The molecule has 2 N–H and O–H groups in total. The third-order valence-corrected chi connectivity index (χ3v) is 5.80. The fraction of sp³-hybridized carbons (Fsp3) is 0.278. The minimum Gasteiger partial charge on any atom is -0.481 e. The van der Waals surface area contributed by atoms with Gasteiger partial charge in [0.05, 0.1) is 5.69 Å². The van der Waals surface area contributed by atoms with Gasteiger partial charge in [0.2, 0.25) is 5.91 Å². The van der Waals surface area contributed by atoms with Gasteiger partial charge in [-0.25, -0.2) is 4.79 Å². The molecule has 8 heteroatoms. The van der Waals surface area contributed by atoms with Gasteiger partial charge >= 0.3 is 5.97 Å². The summed E-state index contributed by atoms with van der Waals surface area (Å²) in [5.74, 6) is -0.919. The highest BCUT2D eigenvalue weighted by Crippen LogP contribution is 2.45. The molecule has 0 spiro atoms. The van der Waals surface area contributed by atoms with Crippen LogP contribution in [0.3, 0.4) is 0 Å². The number of amides is 2. The van der Waals surface area contributed by atoms with E-state index in [0.29, 0.717) is 23.7 Å². The summed E-state index contributed by atoms with van der Waals surface area (Å²) >= 11 is 1.17. The SMILES string of the molecule is CCN1C(=O)COc2cc3c(cc21)[C@@H](c1ccc(C(=O)O)s1)CC(=O)N3. The summed E-state index contributed by atoms with van der Waals surface area (Å²) in [7, 11) is 0. The van der Waals surface area contributed by atoms with Crippen molar-refractivity contribution >= 4 is 40.5 Å². The number of anilines is 2. The predicted octanol–water partition coefficient (Wildman–Crippen LogP) is 2.67. The number of hydrogen-bond donors (Lipinski definition) is 2. The van der Waals surface area contributed by atoms with E-state index in [1.54, 1.807) is 23.1 Å². The highest BCUT2D eigenvalue weighted by molar-refractivity contribution is 7.14. The summed E-state index contributed by atoms with van der Waals surface area (Å²) in [5, 5.41) is 12.0. The molecule has 0 unspecified atom stereocenters. The van der Waals surface area contributed by atoms with Crippen LogP contribution in [0, 0.1) is 0 Å². The smallest absolute Gasteiger partial charge is 0.345 e. The van der Waals surface area contributed by atoms with E-state index in [1.165, 1.54) is 11.3 Å². The lowest BCUT2D eigenvalue weighted by atomic mass is 9.88. The summed E-state index contributed by atoms with van der Waals surface area (Å²) in [6.07, 6.45) is 0.228. The van der Waals surface area contributed by atoms with Crippen molar-refractivity contribution in [1.82, 2.24) is 0 Å². The Morgan fingerprint density at radius 2 is 2.19 bits per heavy atom. The Bertz CT molecular complexity index is 936. The molecule has 4 rings (SSSR count). The van der Waals surface area contributed by atoms with E-state index >= 15 is 0 Å². The highest BCUT2D eigenvalue weighted by atomic mass is 32.1. The Balaban J connectivity index is 1.83. The maximum absolute atomic E-state index is 12.2. The Labute approximate surface area is 153 Å². The lowest BCUT2D eigenvalue weighted by Gasteiger charge is -2.32. The quantitative estimate of drug-likeness (QED) is 0.864. The number of likely N-dealkylation sites (N-methyl/N-ethyl adjacent to an activating group) is 1. The Kier molecular flexibility index (Phi) is 3.91. The number of aromatic carboxylic acids is 1. The summed E-state index contributed by atoms with van der Waals surface area (Å²) in [6, 6.07) is 6.92. The van der Waals surface area contributed by atoms with Gasteiger partial charge in [-0.3, -0.25) is 9.59 Å². The second kappa shape index (κ2) is 6.14. The van der Waals surface area contributed by atoms with Gasteiger partial charge in [0.15, 0.2) is 6.61 Å². The number of thiophene rings is 1.